The van der Waals surface area contributed by atoms with Crippen LogP contribution < -0.4 is 5.32 Å². The summed E-state index contributed by atoms with van der Waals surface area (Å²) in [6, 6.07) is 1.43. The molecule has 0 bridgehead atoms. The Bertz CT molecular complexity index is 467. The summed E-state index contributed by atoms with van der Waals surface area (Å²) in [6.45, 7) is 0. The monoisotopic (exact) mass is 291 g/mol. The highest BCUT2D eigenvalue weighted by atomic mass is 35.5. The third kappa shape index (κ3) is 3.80. The molecule has 0 heterocycles. The van der Waals surface area contributed by atoms with E-state index in [4.69, 9.17) is 11.6 Å². The zero-order valence-corrected chi connectivity index (χ0v) is 9.04. The molecule has 100 valence electrons. The van der Waals surface area contributed by atoms with Crippen LogP contribution >= 0.6 is 11.6 Å². The number of rotatable bonds is 1. The lowest BCUT2D eigenvalue weighted by atomic mass is 10.1. The molecule has 0 saturated heterocycles. The molecule has 0 atom stereocenters. The van der Waals surface area contributed by atoms with Gasteiger partial charge in [-0.15, -0.1) is 0 Å². The molecule has 1 amide bonds. The van der Waals surface area contributed by atoms with Crippen LogP contribution in [0.5, 0.6) is 0 Å². The van der Waals surface area contributed by atoms with Crippen molar-refractivity contribution in [3.8, 4) is 0 Å². The molecule has 2 nitrogen and oxygen atoms in total. The molecule has 0 spiro atoms. The lowest BCUT2D eigenvalue weighted by Gasteiger charge is -2.11. The molecule has 18 heavy (non-hydrogen) atoms. The maximum Gasteiger partial charge on any atom is 0.484 e. The van der Waals surface area contributed by atoms with E-state index >= 15 is 0 Å². The molecule has 9 heteroatoms. The summed E-state index contributed by atoms with van der Waals surface area (Å²) in [5.41, 5.74) is -1.85. The Morgan fingerprint density at radius 2 is 1.67 bits per heavy atom. The Morgan fingerprint density at radius 3 is 2.06 bits per heavy atom. The van der Waals surface area contributed by atoms with E-state index in [2.05, 4.69) is 0 Å². The average Bonchev–Trinajstić information content (AvgIpc) is 2.12. The minimum absolute atomic E-state index is 0.382. The molecule has 1 aromatic rings. The molecule has 0 aliphatic rings. The molecule has 0 unspecified atom stereocenters. The highest BCUT2D eigenvalue weighted by molar-refractivity contribution is 6.33. The Morgan fingerprint density at radius 1 is 1.11 bits per heavy atom. The van der Waals surface area contributed by atoms with Gasteiger partial charge in [-0.05, 0) is 18.2 Å². The van der Waals surface area contributed by atoms with Crippen molar-refractivity contribution in [1.82, 2.24) is 5.32 Å². The van der Waals surface area contributed by atoms with Crippen molar-refractivity contribution >= 4 is 17.5 Å². The van der Waals surface area contributed by atoms with Crippen LogP contribution in [0.2, 0.25) is 5.02 Å². The number of benzene rings is 1. The topological polar surface area (TPSA) is 29.1 Å². The van der Waals surface area contributed by atoms with Gasteiger partial charge in [-0.25, -0.2) is 0 Å². The number of alkyl halides is 6. The molecular weight excluding hydrogens is 288 g/mol. The van der Waals surface area contributed by atoms with Gasteiger partial charge in [0.25, 0.3) is 5.91 Å². The Hall–Kier alpha value is -1.44. The second-order valence-corrected chi connectivity index (χ2v) is 3.55. The largest absolute Gasteiger partial charge is 0.484 e. The van der Waals surface area contributed by atoms with Gasteiger partial charge in [0.05, 0.1) is 16.1 Å². The smallest absolute Gasteiger partial charge is 0.269 e. The number of hydrogen-bond donors (Lipinski definition) is 1. The third-order valence-corrected chi connectivity index (χ3v) is 2.11. The molecule has 1 rings (SSSR count). The van der Waals surface area contributed by atoms with Crippen molar-refractivity contribution in [3.05, 3.63) is 34.3 Å². The zero-order chi connectivity index (χ0) is 14.1. The summed E-state index contributed by atoms with van der Waals surface area (Å²) in [6.07, 6.45) is -9.67. The second-order valence-electron chi connectivity index (χ2n) is 3.14. The summed E-state index contributed by atoms with van der Waals surface area (Å²) in [7, 11) is 0. The van der Waals surface area contributed by atoms with Gasteiger partial charge in [0, 0.05) is 0 Å². The van der Waals surface area contributed by atoms with Crippen LogP contribution in [0, 0.1) is 0 Å². The Labute approximate surface area is 102 Å². The lowest BCUT2D eigenvalue weighted by molar-refractivity contribution is -0.146. The standard InChI is InChI=1S/C9H4ClF6NO/c10-6-3-4(8(11,12)13)1-2-5(6)7(18)17-9(14,15)16/h1-3H,(H,17,18). The Balaban J connectivity index is 3.03. The van der Waals surface area contributed by atoms with Crippen molar-refractivity contribution in [2.24, 2.45) is 0 Å². The predicted molar refractivity (Wildman–Crippen MR) is 50.0 cm³/mol. The van der Waals surface area contributed by atoms with E-state index in [0.717, 1.165) is 0 Å². The first-order chi connectivity index (χ1) is 8.00. The SMILES string of the molecule is O=C(NC(F)(F)F)c1ccc(C(F)(F)F)cc1Cl. The van der Waals surface area contributed by atoms with Gasteiger partial charge >= 0.3 is 12.5 Å². The molecule has 0 aliphatic carbocycles. The number of amides is 1. The molecule has 0 aliphatic heterocycles. The van der Waals surface area contributed by atoms with Gasteiger partial charge < -0.3 is 0 Å². The maximum absolute atomic E-state index is 12.2. The van der Waals surface area contributed by atoms with Gasteiger partial charge in [-0.3, -0.25) is 10.1 Å². The number of nitrogens with one attached hydrogen (secondary N) is 1. The molecule has 1 N–H and O–H groups in total. The fraction of sp³-hybridized carbons (Fsp3) is 0.222. The van der Waals surface area contributed by atoms with Crippen molar-refractivity contribution in [2.75, 3.05) is 0 Å². The fourth-order valence-corrected chi connectivity index (χ4v) is 1.34. The molecule has 0 aromatic heterocycles. The molecular formula is C9H4ClF6NO. The first-order valence-electron chi connectivity index (χ1n) is 4.27. The third-order valence-electron chi connectivity index (χ3n) is 1.80. The van der Waals surface area contributed by atoms with Crippen molar-refractivity contribution < 1.29 is 31.1 Å². The summed E-state index contributed by atoms with van der Waals surface area (Å²) >= 11 is 5.33. The van der Waals surface area contributed by atoms with Crippen LogP contribution in [-0.2, 0) is 6.18 Å². The summed E-state index contributed by atoms with van der Waals surface area (Å²) in [5, 5.41) is -0.0863. The quantitative estimate of drug-likeness (QED) is 0.621. The second kappa shape index (κ2) is 4.68. The van der Waals surface area contributed by atoms with Gasteiger partial charge in [0.2, 0.25) is 0 Å². The Kier molecular flexibility index (Phi) is 3.80. The molecule has 0 fully saturated rings. The first kappa shape index (κ1) is 14.6. The van der Waals surface area contributed by atoms with Crippen LogP contribution in [0.25, 0.3) is 0 Å². The van der Waals surface area contributed by atoms with E-state index in [1.54, 1.807) is 0 Å². The summed E-state index contributed by atoms with van der Waals surface area (Å²) in [4.78, 5) is 11.0. The number of hydrogen-bond acceptors (Lipinski definition) is 1. The van der Waals surface area contributed by atoms with E-state index in [9.17, 15) is 31.1 Å². The molecule has 1 aromatic carbocycles. The van der Waals surface area contributed by atoms with Gasteiger partial charge in [-0.1, -0.05) is 11.6 Å². The van der Waals surface area contributed by atoms with E-state index < -0.39 is 34.5 Å². The van der Waals surface area contributed by atoms with Crippen LogP contribution in [0.4, 0.5) is 26.3 Å². The molecule has 0 saturated carbocycles. The van der Waals surface area contributed by atoms with Gasteiger partial charge in [0.1, 0.15) is 0 Å². The minimum Gasteiger partial charge on any atom is -0.269 e. The zero-order valence-electron chi connectivity index (χ0n) is 8.29. The van der Waals surface area contributed by atoms with Gasteiger partial charge in [-0.2, -0.15) is 26.3 Å². The number of carbonyl (C=O) groups excluding carboxylic acids is 1. The van der Waals surface area contributed by atoms with Crippen LogP contribution in [-0.4, -0.2) is 12.2 Å². The summed E-state index contributed by atoms with van der Waals surface area (Å²) < 4.78 is 72.2. The fourth-order valence-electron chi connectivity index (χ4n) is 1.07. The predicted octanol–water partition coefficient (Wildman–Crippen LogP) is 3.61. The van der Waals surface area contributed by atoms with E-state index in [1.165, 1.54) is 0 Å². The highest BCUT2D eigenvalue weighted by Gasteiger charge is 2.33. The normalized spacial score (nSPS) is 12.4. The van der Waals surface area contributed by atoms with Crippen molar-refractivity contribution in [1.29, 1.82) is 0 Å². The van der Waals surface area contributed by atoms with Crippen LogP contribution in [0.3, 0.4) is 0 Å². The number of carbonyl (C=O) groups is 1. The van der Waals surface area contributed by atoms with E-state index in [1.807, 2.05) is 0 Å². The lowest BCUT2D eigenvalue weighted by Crippen LogP contribution is -2.37. The van der Waals surface area contributed by atoms with Gasteiger partial charge in [0.15, 0.2) is 0 Å². The van der Waals surface area contributed by atoms with E-state index in [-0.39, 0.29) is 0 Å². The van der Waals surface area contributed by atoms with Crippen molar-refractivity contribution in [3.63, 3.8) is 0 Å². The average molecular weight is 292 g/mol. The van der Waals surface area contributed by atoms with Crippen LogP contribution in [0.1, 0.15) is 15.9 Å². The van der Waals surface area contributed by atoms with E-state index in [0.29, 0.717) is 23.5 Å². The number of halogens is 7. The first-order valence-corrected chi connectivity index (χ1v) is 4.64. The minimum atomic E-state index is -4.98. The van der Waals surface area contributed by atoms with Crippen LogP contribution in [0.15, 0.2) is 18.2 Å². The van der Waals surface area contributed by atoms with Crippen molar-refractivity contribution in [2.45, 2.75) is 12.5 Å². The summed E-state index contributed by atoms with van der Waals surface area (Å²) in [5.74, 6) is -1.62. The highest BCUT2D eigenvalue weighted by Crippen LogP contribution is 2.32. The molecule has 0 radical (unpaired) electrons. The maximum atomic E-state index is 12.2.